The number of hydrogen-bond acceptors (Lipinski definition) is 4. The smallest absolute Gasteiger partial charge is 0.490 e. The zero-order valence-corrected chi connectivity index (χ0v) is 20.6. The summed E-state index contributed by atoms with van der Waals surface area (Å²) in [6.07, 6.45) is -3.99. The minimum atomic E-state index is -5.08. The third-order valence-electron chi connectivity index (χ3n) is 5.73. The minimum absolute atomic E-state index is 0.0503. The van der Waals surface area contributed by atoms with E-state index in [1.807, 2.05) is 60.7 Å². The number of carbonyl (C=O) groups is 2. The number of rotatable bonds is 8. The molecule has 0 aliphatic heterocycles. The van der Waals surface area contributed by atoms with Crippen molar-refractivity contribution in [2.45, 2.75) is 37.6 Å². The number of halogens is 4. The van der Waals surface area contributed by atoms with Crippen molar-refractivity contribution >= 4 is 23.5 Å². The van der Waals surface area contributed by atoms with E-state index in [0.717, 1.165) is 29.8 Å². The molecule has 1 amide bonds. The number of ether oxygens (including phenoxy) is 1. The van der Waals surface area contributed by atoms with Crippen molar-refractivity contribution in [1.82, 2.24) is 10.6 Å². The molecule has 196 valence electrons. The molecule has 4 rings (SSSR count). The van der Waals surface area contributed by atoms with Crippen LogP contribution in [0.2, 0.25) is 5.02 Å². The predicted molar refractivity (Wildman–Crippen MR) is 134 cm³/mol. The Bertz CT molecular complexity index is 1200. The molecule has 0 spiro atoms. The molecule has 3 aromatic rings. The first-order valence-corrected chi connectivity index (χ1v) is 11.7. The third-order valence-corrected chi connectivity index (χ3v) is 5.97. The summed E-state index contributed by atoms with van der Waals surface area (Å²) in [7, 11) is 1.66. The maximum atomic E-state index is 12.4. The van der Waals surface area contributed by atoms with Gasteiger partial charge in [0.25, 0.3) is 5.91 Å². The maximum Gasteiger partial charge on any atom is 0.490 e. The molecule has 1 saturated carbocycles. The average Bonchev–Trinajstić information content (AvgIpc) is 3.66. The second kappa shape index (κ2) is 12.6. The van der Waals surface area contributed by atoms with Gasteiger partial charge in [0, 0.05) is 41.2 Å². The summed E-state index contributed by atoms with van der Waals surface area (Å²) >= 11 is 6.03. The lowest BCUT2D eigenvalue weighted by Gasteiger charge is -2.10. The van der Waals surface area contributed by atoms with Crippen LogP contribution in [0, 0.1) is 0 Å². The summed E-state index contributed by atoms with van der Waals surface area (Å²) in [4.78, 5) is 21.3. The van der Waals surface area contributed by atoms with Gasteiger partial charge in [0.05, 0.1) is 7.11 Å². The number of aliphatic carboxylic acids is 1. The van der Waals surface area contributed by atoms with Gasteiger partial charge >= 0.3 is 12.1 Å². The van der Waals surface area contributed by atoms with E-state index >= 15 is 0 Å². The lowest BCUT2D eigenvalue weighted by molar-refractivity contribution is -0.192. The lowest BCUT2D eigenvalue weighted by atomic mass is 10.1. The van der Waals surface area contributed by atoms with Gasteiger partial charge in [-0.15, -0.1) is 0 Å². The molecule has 37 heavy (non-hydrogen) atoms. The summed E-state index contributed by atoms with van der Waals surface area (Å²) < 4.78 is 37.1. The molecule has 0 heterocycles. The number of hydrogen-bond donors (Lipinski definition) is 3. The van der Waals surface area contributed by atoms with Gasteiger partial charge in [-0.2, -0.15) is 13.2 Å². The maximum absolute atomic E-state index is 12.4. The van der Waals surface area contributed by atoms with Gasteiger partial charge in [0.15, 0.2) is 0 Å². The molecule has 0 bridgehead atoms. The van der Waals surface area contributed by atoms with Gasteiger partial charge < -0.3 is 20.5 Å². The Hall–Kier alpha value is -3.56. The van der Waals surface area contributed by atoms with E-state index < -0.39 is 12.1 Å². The molecule has 10 heteroatoms. The van der Waals surface area contributed by atoms with Crippen LogP contribution in [0.15, 0.2) is 72.8 Å². The summed E-state index contributed by atoms with van der Waals surface area (Å²) in [5.74, 6) is -1.53. The molecule has 2 atom stereocenters. The molecule has 3 N–H and O–H groups in total. The predicted octanol–water partition coefficient (Wildman–Crippen LogP) is 5.56. The molecule has 0 aromatic heterocycles. The van der Waals surface area contributed by atoms with Crippen molar-refractivity contribution in [3.8, 4) is 5.75 Å². The Kier molecular flexibility index (Phi) is 9.54. The number of nitrogens with one attached hydrogen (secondary N) is 2. The monoisotopic (exact) mass is 534 g/mol. The van der Waals surface area contributed by atoms with Crippen LogP contribution < -0.4 is 15.4 Å². The van der Waals surface area contributed by atoms with Crippen LogP contribution in [0.3, 0.4) is 0 Å². The lowest BCUT2D eigenvalue weighted by Crippen LogP contribution is -2.22. The first kappa shape index (κ1) is 28.0. The normalized spacial score (nSPS) is 16.2. The first-order chi connectivity index (χ1) is 17.6. The zero-order chi connectivity index (χ0) is 27.0. The fourth-order valence-corrected chi connectivity index (χ4v) is 3.82. The largest absolute Gasteiger partial charge is 0.496 e. The van der Waals surface area contributed by atoms with Crippen molar-refractivity contribution in [3.63, 3.8) is 0 Å². The fourth-order valence-electron chi connectivity index (χ4n) is 3.66. The molecular formula is C27H26ClF3N2O4. The molecule has 0 saturated heterocycles. The van der Waals surface area contributed by atoms with E-state index in [4.69, 9.17) is 26.2 Å². The van der Waals surface area contributed by atoms with Gasteiger partial charge in [-0.1, -0.05) is 60.1 Å². The zero-order valence-electron chi connectivity index (χ0n) is 19.9. The Labute approximate surface area is 217 Å². The highest BCUT2D eigenvalue weighted by molar-refractivity contribution is 6.30. The topological polar surface area (TPSA) is 87.7 Å². The molecule has 6 nitrogen and oxygen atoms in total. The molecule has 3 aromatic carbocycles. The van der Waals surface area contributed by atoms with Crippen LogP contribution in [-0.4, -0.2) is 36.3 Å². The summed E-state index contributed by atoms with van der Waals surface area (Å²) in [5, 5.41) is 14.4. The van der Waals surface area contributed by atoms with Gasteiger partial charge in [-0.25, -0.2) is 4.79 Å². The number of amides is 1. The van der Waals surface area contributed by atoms with Crippen LogP contribution in [0.1, 0.15) is 39.4 Å². The second-order valence-corrected chi connectivity index (χ2v) is 8.82. The molecule has 0 unspecified atom stereocenters. The second-order valence-electron chi connectivity index (χ2n) is 8.38. The molecule has 1 aliphatic carbocycles. The van der Waals surface area contributed by atoms with Gasteiger partial charge in [0.2, 0.25) is 0 Å². The van der Waals surface area contributed by atoms with E-state index in [1.165, 1.54) is 5.56 Å². The average molecular weight is 535 g/mol. The van der Waals surface area contributed by atoms with E-state index in [-0.39, 0.29) is 5.91 Å². The number of carboxylic acid groups (broad SMARTS) is 1. The molecule has 1 aliphatic rings. The van der Waals surface area contributed by atoms with Crippen molar-refractivity contribution in [3.05, 3.63) is 100 Å². The van der Waals surface area contributed by atoms with Crippen molar-refractivity contribution in [2.75, 3.05) is 7.11 Å². The Balaban J connectivity index is 0.000000479. The molecule has 0 radical (unpaired) electrons. The fraction of sp³-hybridized carbons (Fsp3) is 0.259. The number of benzene rings is 3. The molecular weight excluding hydrogens is 509 g/mol. The van der Waals surface area contributed by atoms with E-state index in [2.05, 4.69) is 22.8 Å². The summed E-state index contributed by atoms with van der Waals surface area (Å²) in [6.45, 7) is 1.27. The van der Waals surface area contributed by atoms with Gasteiger partial charge in [-0.3, -0.25) is 4.79 Å². The highest BCUT2D eigenvalue weighted by Crippen LogP contribution is 2.41. The number of methoxy groups -OCH3 is 1. The Morgan fingerprint density at radius 3 is 2.27 bits per heavy atom. The van der Waals surface area contributed by atoms with Gasteiger partial charge in [-0.05, 0) is 41.8 Å². The van der Waals surface area contributed by atoms with Crippen LogP contribution in [0.25, 0.3) is 0 Å². The van der Waals surface area contributed by atoms with Crippen LogP contribution in [0.5, 0.6) is 5.75 Å². The Morgan fingerprint density at radius 1 is 1.03 bits per heavy atom. The number of alkyl halides is 3. The minimum Gasteiger partial charge on any atom is -0.496 e. The number of carboxylic acids is 1. The highest BCUT2D eigenvalue weighted by Gasteiger charge is 2.38. The van der Waals surface area contributed by atoms with E-state index in [9.17, 15) is 18.0 Å². The number of carbonyl (C=O) groups excluding carboxylic acids is 1. The molecule has 1 fully saturated rings. The van der Waals surface area contributed by atoms with E-state index in [0.29, 0.717) is 29.1 Å². The summed E-state index contributed by atoms with van der Waals surface area (Å²) in [6, 6.07) is 24.0. The highest BCUT2D eigenvalue weighted by atomic mass is 35.5. The standard InChI is InChI=1S/C25H25ClN2O2.C2HF3O2/c1-30-24-13-21(26)12-11-20(24)16-27-23-14-22(23)18-7-9-19(10-8-18)25(29)28-15-17-5-3-2-4-6-17;3-2(4,5)1(6)7/h2-13,22-23,27H,14-16H2,1H3,(H,28,29);(H,6,7)/t22-,23+;/m0./s1. The van der Waals surface area contributed by atoms with Crippen molar-refractivity contribution < 1.29 is 32.6 Å². The Morgan fingerprint density at radius 2 is 1.68 bits per heavy atom. The van der Waals surface area contributed by atoms with Crippen LogP contribution in [-0.2, 0) is 17.9 Å². The van der Waals surface area contributed by atoms with Gasteiger partial charge in [0.1, 0.15) is 5.75 Å². The quantitative estimate of drug-likeness (QED) is 0.352. The van der Waals surface area contributed by atoms with Crippen LogP contribution in [0.4, 0.5) is 13.2 Å². The summed E-state index contributed by atoms with van der Waals surface area (Å²) in [5.41, 5.74) is 4.13. The third kappa shape index (κ3) is 8.51. The van der Waals surface area contributed by atoms with Crippen LogP contribution >= 0.6 is 11.6 Å². The SMILES string of the molecule is COc1cc(Cl)ccc1CN[C@@H]1C[C@H]1c1ccc(C(=O)NCc2ccccc2)cc1.O=C(O)C(F)(F)F. The van der Waals surface area contributed by atoms with Crippen molar-refractivity contribution in [2.24, 2.45) is 0 Å². The first-order valence-electron chi connectivity index (χ1n) is 11.4. The van der Waals surface area contributed by atoms with Crippen molar-refractivity contribution in [1.29, 1.82) is 0 Å². The van der Waals surface area contributed by atoms with E-state index in [1.54, 1.807) is 7.11 Å².